The number of hydrogen-bond donors (Lipinski definition) is 1. The van der Waals surface area contributed by atoms with E-state index in [2.05, 4.69) is 24.4 Å². The minimum atomic E-state index is 0.273. The van der Waals surface area contributed by atoms with Crippen molar-refractivity contribution in [2.75, 3.05) is 26.2 Å². The maximum absolute atomic E-state index is 11.8. The molecule has 0 saturated carbocycles. The molecule has 1 N–H and O–H groups in total. The Bertz CT molecular complexity index is 597. The first-order valence-electron chi connectivity index (χ1n) is 8.59. The van der Waals surface area contributed by atoms with Crippen LogP contribution in [0.15, 0.2) is 29.8 Å². The quantitative estimate of drug-likeness (QED) is 0.929. The maximum atomic E-state index is 11.8. The van der Waals surface area contributed by atoms with Gasteiger partial charge in [-0.2, -0.15) is 0 Å². The molecule has 0 unspecified atom stereocenters. The molecule has 1 aromatic rings. The Morgan fingerprint density at radius 2 is 2.22 bits per heavy atom. The molecular formula is C19H26N2O2. The molecule has 2 aliphatic heterocycles. The number of amides is 1. The Morgan fingerprint density at radius 3 is 3.00 bits per heavy atom. The monoisotopic (exact) mass is 314 g/mol. The van der Waals surface area contributed by atoms with Gasteiger partial charge in [0.05, 0.1) is 0 Å². The molecule has 4 nitrogen and oxygen atoms in total. The van der Waals surface area contributed by atoms with Gasteiger partial charge in [-0.1, -0.05) is 32.0 Å². The van der Waals surface area contributed by atoms with E-state index >= 15 is 0 Å². The van der Waals surface area contributed by atoms with E-state index in [4.69, 9.17) is 4.74 Å². The number of ether oxygens (including phenoxy) is 1. The molecule has 0 spiro atoms. The highest BCUT2D eigenvalue weighted by molar-refractivity contribution is 5.75. The van der Waals surface area contributed by atoms with Crippen LogP contribution in [0.25, 0.3) is 6.08 Å². The lowest BCUT2D eigenvalue weighted by Crippen LogP contribution is -2.50. The molecule has 1 fully saturated rings. The van der Waals surface area contributed by atoms with Crippen molar-refractivity contribution in [3.8, 4) is 5.75 Å². The van der Waals surface area contributed by atoms with Crippen LogP contribution in [0.5, 0.6) is 5.75 Å². The highest BCUT2D eigenvalue weighted by atomic mass is 16.5. The Morgan fingerprint density at radius 1 is 1.39 bits per heavy atom. The van der Waals surface area contributed by atoms with E-state index in [0.717, 1.165) is 37.4 Å². The third-order valence-electron chi connectivity index (χ3n) is 4.84. The number of rotatable bonds is 4. The summed E-state index contributed by atoms with van der Waals surface area (Å²) in [4.78, 5) is 13.8. The number of nitrogens with zero attached hydrogens (tertiary/aromatic N) is 1. The molecule has 2 aliphatic rings. The molecule has 2 heterocycles. The van der Waals surface area contributed by atoms with Gasteiger partial charge in [-0.15, -0.1) is 0 Å². The summed E-state index contributed by atoms with van der Waals surface area (Å²) in [5.74, 6) is 1.72. The minimum Gasteiger partial charge on any atom is -0.489 e. The maximum Gasteiger partial charge on any atom is 0.222 e. The lowest BCUT2D eigenvalue weighted by atomic mass is 9.93. The minimum absolute atomic E-state index is 0.273. The van der Waals surface area contributed by atoms with Gasteiger partial charge in [0.2, 0.25) is 5.91 Å². The van der Waals surface area contributed by atoms with Crippen molar-refractivity contribution in [1.29, 1.82) is 0 Å². The summed E-state index contributed by atoms with van der Waals surface area (Å²) in [5, 5.41) is 3.66. The summed E-state index contributed by atoms with van der Waals surface area (Å²) in [7, 11) is 0. The molecule has 4 heteroatoms. The second kappa shape index (κ2) is 7.18. The van der Waals surface area contributed by atoms with Crippen molar-refractivity contribution in [3.05, 3.63) is 35.4 Å². The standard InChI is InChI=1S/C19H26N2O2/c1-3-19(22)21-9-8-17(14(2)12-21)20-11-15-10-16-6-4-5-7-18(16)23-13-15/h4-7,10,14,17,20H,3,8-9,11-13H2,1-2H3/t14-,17-/m1/s1. The number of likely N-dealkylation sites (tertiary alicyclic amines) is 1. The third-order valence-corrected chi connectivity index (χ3v) is 4.84. The second-order valence-electron chi connectivity index (χ2n) is 6.58. The largest absolute Gasteiger partial charge is 0.489 e. The van der Waals surface area contributed by atoms with Crippen LogP contribution in [-0.4, -0.2) is 43.1 Å². The number of nitrogens with one attached hydrogen (secondary N) is 1. The number of carbonyl (C=O) groups excluding carboxylic acids is 1. The van der Waals surface area contributed by atoms with Gasteiger partial charge in [0, 0.05) is 37.7 Å². The molecule has 0 aromatic heterocycles. The van der Waals surface area contributed by atoms with Crippen molar-refractivity contribution < 1.29 is 9.53 Å². The molecule has 1 aromatic carbocycles. The fourth-order valence-electron chi connectivity index (χ4n) is 3.43. The molecule has 3 rings (SSSR count). The van der Waals surface area contributed by atoms with Crippen molar-refractivity contribution in [1.82, 2.24) is 10.2 Å². The van der Waals surface area contributed by atoms with Crippen LogP contribution in [0.2, 0.25) is 0 Å². The predicted octanol–water partition coefficient (Wildman–Crippen LogP) is 2.70. The molecule has 0 bridgehead atoms. The molecule has 1 amide bonds. The predicted molar refractivity (Wildman–Crippen MR) is 92.4 cm³/mol. The summed E-state index contributed by atoms with van der Waals surface area (Å²) in [5.41, 5.74) is 2.44. The van der Waals surface area contributed by atoms with Crippen LogP contribution in [0.4, 0.5) is 0 Å². The highest BCUT2D eigenvalue weighted by Crippen LogP contribution is 2.25. The van der Waals surface area contributed by atoms with Crippen molar-refractivity contribution in [3.63, 3.8) is 0 Å². The first-order chi connectivity index (χ1) is 11.2. The molecule has 2 atom stereocenters. The van der Waals surface area contributed by atoms with Crippen LogP contribution in [0.1, 0.15) is 32.3 Å². The van der Waals surface area contributed by atoms with Gasteiger partial charge in [0.15, 0.2) is 0 Å². The SMILES string of the molecule is CCC(=O)N1CC[C@@H](NCC2=Cc3ccccc3OC2)[C@H](C)C1. The van der Waals surface area contributed by atoms with E-state index < -0.39 is 0 Å². The number of fused-ring (bicyclic) bond motifs is 1. The van der Waals surface area contributed by atoms with Gasteiger partial charge in [0.1, 0.15) is 12.4 Å². The van der Waals surface area contributed by atoms with Crippen LogP contribution in [0.3, 0.4) is 0 Å². The van der Waals surface area contributed by atoms with Crippen LogP contribution in [0, 0.1) is 5.92 Å². The Balaban J connectivity index is 1.54. The highest BCUT2D eigenvalue weighted by Gasteiger charge is 2.27. The summed E-state index contributed by atoms with van der Waals surface area (Å²) in [6.07, 6.45) is 3.86. The topological polar surface area (TPSA) is 41.6 Å². The van der Waals surface area contributed by atoms with E-state index in [1.165, 1.54) is 5.57 Å². The van der Waals surface area contributed by atoms with Gasteiger partial charge in [0.25, 0.3) is 0 Å². The number of para-hydroxylation sites is 1. The second-order valence-corrected chi connectivity index (χ2v) is 6.58. The summed E-state index contributed by atoms with van der Waals surface area (Å²) in [6, 6.07) is 8.61. The fourth-order valence-corrected chi connectivity index (χ4v) is 3.43. The van der Waals surface area contributed by atoms with Crippen molar-refractivity contribution in [2.24, 2.45) is 5.92 Å². The van der Waals surface area contributed by atoms with Crippen molar-refractivity contribution >= 4 is 12.0 Å². The molecule has 0 radical (unpaired) electrons. The Hall–Kier alpha value is -1.81. The van der Waals surface area contributed by atoms with Gasteiger partial charge in [-0.3, -0.25) is 4.79 Å². The molecule has 1 saturated heterocycles. The summed E-state index contributed by atoms with van der Waals surface area (Å²) < 4.78 is 5.80. The first kappa shape index (κ1) is 16.1. The van der Waals surface area contributed by atoms with E-state index in [-0.39, 0.29) is 5.91 Å². The van der Waals surface area contributed by atoms with E-state index in [9.17, 15) is 4.79 Å². The number of hydrogen-bond acceptors (Lipinski definition) is 3. The smallest absolute Gasteiger partial charge is 0.222 e. The fraction of sp³-hybridized carbons (Fsp3) is 0.526. The number of benzene rings is 1. The zero-order valence-corrected chi connectivity index (χ0v) is 14.0. The zero-order chi connectivity index (χ0) is 16.2. The Labute approximate surface area is 138 Å². The number of piperidine rings is 1. The van der Waals surface area contributed by atoms with Gasteiger partial charge in [-0.05, 0) is 30.1 Å². The van der Waals surface area contributed by atoms with E-state index in [1.807, 2.05) is 30.0 Å². The lowest BCUT2D eigenvalue weighted by Gasteiger charge is -2.37. The molecule has 124 valence electrons. The van der Waals surface area contributed by atoms with Gasteiger partial charge in [-0.25, -0.2) is 0 Å². The molecule has 23 heavy (non-hydrogen) atoms. The average Bonchev–Trinajstić information content (AvgIpc) is 2.59. The van der Waals surface area contributed by atoms with Crippen LogP contribution >= 0.6 is 0 Å². The van der Waals surface area contributed by atoms with Crippen LogP contribution in [-0.2, 0) is 4.79 Å². The Kier molecular flexibility index (Phi) is 5.01. The van der Waals surface area contributed by atoms with Crippen LogP contribution < -0.4 is 10.1 Å². The molecular weight excluding hydrogens is 288 g/mol. The van der Waals surface area contributed by atoms with Gasteiger partial charge < -0.3 is 15.0 Å². The number of carbonyl (C=O) groups is 1. The third kappa shape index (κ3) is 3.75. The van der Waals surface area contributed by atoms with Gasteiger partial charge >= 0.3 is 0 Å². The van der Waals surface area contributed by atoms with E-state index in [1.54, 1.807) is 0 Å². The normalized spacial score (nSPS) is 23.7. The average molecular weight is 314 g/mol. The summed E-state index contributed by atoms with van der Waals surface area (Å²) in [6.45, 7) is 7.41. The zero-order valence-electron chi connectivity index (χ0n) is 14.0. The van der Waals surface area contributed by atoms with Crippen molar-refractivity contribution in [2.45, 2.75) is 32.7 Å². The first-order valence-corrected chi connectivity index (χ1v) is 8.59. The summed E-state index contributed by atoms with van der Waals surface area (Å²) >= 11 is 0. The lowest BCUT2D eigenvalue weighted by molar-refractivity contribution is -0.132. The molecule has 0 aliphatic carbocycles. The van der Waals surface area contributed by atoms with E-state index in [0.29, 0.717) is 25.0 Å².